The topological polar surface area (TPSA) is 55.4 Å². The lowest BCUT2D eigenvalue weighted by atomic mass is 10.3. The number of hydrogen-bond acceptors (Lipinski definition) is 3. The molecule has 0 aliphatic carbocycles. The molecular formula is C11H17NO3S. The molecule has 90 valence electrons. The van der Waals surface area contributed by atoms with Crippen LogP contribution in [0.3, 0.4) is 0 Å². The fourth-order valence-electron chi connectivity index (χ4n) is 1.10. The molecular weight excluding hydrogens is 226 g/mol. The van der Waals surface area contributed by atoms with Crippen LogP contribution in [0.2, 0.25) is 0 Å². The van der Waals surface area contributed by atoms with Gasteiger partial charge < -0.3 is 4.74 Å². The monoisotopic (exact) mass is 243 g/mol. The maximum atomic E-state index is 11.6. The number of nitrogens with one attached hydrogen (secondary N) is 1. The van der Waals surface area contributed by atoms with Crippen molar-refractivity contribution in [1.29, 1.82) is 0 Å². The first kappa shape index (κ1) is 12.8. The van der Waals surface area contributed by atoms with E-state index in [4.69, 9.17) is 4.74 Å². The Morgan fingerprint density at radius 1 is 1.38 bits per heavy atom. The van der Waals surface area contributed by atoms with Gasteiger partial charge in [-0.2, -0.15) is 0 Å². The van der Waals surface area contributed by atoms with Gasteiger partial charge in [0, 0.05) is 6.07 Å². The fourth-order valence-corrected chi connectivity index (χ4v) is 1.79. The molecule has 1 aromatic rings. The van der Waals surface area contributed by atoms with Crippen molar-refractivity contribution in [3.8, 4) is 5.75 Å². The summed E-state index contributed by atoms with van der Waals surface area (Å²) in [6.45, 7) is 5.70. The SMILES string of the molecule is CCOc1cccc(NS(=O)(=O)C(C)C)c1. The van der Waals surface area contributed by atoms with E-state index in [0.29, 0.717) is 18.0 Å². The summed E-state index contributed by atoms with van der Waals surface area (Å²) in [5.74, 6) is 0.659. The molecule has 0 aliphatic rings. The van der Waals surface area contributed by atoms with Crippen molar-refractivity contribution in [2.45, 2.75) is 26.0 Å². The standard InChI is InChI=1S/C11H17NO3S/c1-4-15-11-7-5-6-10(8-11)12-16(13,14)9(2)3/h5-9,12H,4H2,1-3H3. The number of rotatable bonds is 5. The highest BCUT2D eigenvalue weighted by atomic mass is 32.2. The summed E-state index contributed by atoms with van der Waals surface area (Å²) < 4.78 is 31.0. The normalized spacial score (nSPS) is 11.5. The molecule has 0 unspecified atom stereocenters. The molecule has 4 nitrogen and oxygen atoms in total. The van der Waals surface area contributed by atoms with E-state index in [9.17, 15) is 8.42 Å². The summed E-state index contributed by atoms with van der Waals surface area (Å²) in [7, 11) is -3.29. The summed E-state index contributed by atoms with van der Waals surface area (Å²) >= 11 is 0. The second-order valence-electron chi connectivity index (χ2n) is 3.66. The molecule has 0 aliphatic heterocycles. The van der Waals surface area contributed by atoms with Gasteiger partial charge >= 0.3 is 0 Å². The molecule has 0 saturated carbocycles. The summed E-state index contributed by atoms with van der Waals surface area (Å²) in [6.07, 6.45) is 0. The van der Waals surface area contributed by atoms with Gasteiger partial charge in [-0.25, -0.2) is 8.42 Å². The van der Waals surface area contributed by atoms with E-state index < -0.39 is 15.3 Å². The third kappa shape index (κ3) is 3.41. The third-order valence-corrected chi connectivity index (χ3v) is 3.79. The van der Waals surface area contributed by atoms with Gasteiger partial charge in [-0.3, -0.25) is 4.72 Å². The number of anilines is 1. The lowest BCUT2D eigenvalue weighted by molar-refractivity contribution is 0.340. The Hall–Kier alpha value is -1.23. The van der Waals surface area contributed by atoms with E-state index in [1.54, 1.807) is 38.1 Å². The number of hydrogen-bond donors (Lipinski definition) is 1. The van der Waals surface area contributed by atoms with E-state index in [-0.39, 0.29) is 0 Å². The molecule has 0 amide bonds. The second kappa shape index (κ2) is 5.21. The molecule has 0 atom stereocenters. The Kier molecular flexibility index (Phi) is 4.18. The zero-order valence-electron chi connectivity index (χ0n) is 9.73. The van der Waals surface area contributed by atoms with Crippen LogP contribution >= 0.6 is 0 Å². The first-order valence-electron chi connectivity index (χ1n) is 5.20. The van der Waals surface area contributed by atoms with Crippen LogP contribution in [-0.2, 0) is 10.0 Å². The molecule has 16 heavy (non-hydrogen) atoms. The van der Waals surface area contributed by atoms with Gasteiger partial charge in [0.05, 0.1) is 17.5 Å². The van der Waals surface area contributed by atoms with E-state index in [2.05, 4.69) is 4.72 Å². The Balaban J connectivity index is 2.86. The maximum Gasteiger partial charge on any atom is 0.235 e. The summed E-state index contributed by atoms with van der Waals surface area (Å²) in [5.41, 5.74) is 0.527. The van der Waals surface area contributed by atoms with Gasteiger partial charge in [0.2, 0.25) is 10.0 Å². The Morgan fingerprint density at radius 3 is 2.62 bits per heavy atom. The summed E-state index contributed by atoms with van der Waals surface area (Å²) in [5, 5.41) is -0.455. The molecule has 0 saturated heterocycles. The molecule has 0 spiro atoms. The van der Waals surface area contributed by atoms with Crippen LogP contribution < -0.4 is 9.46 Å². The van der Waals surface area contributed by atoms with Gasteiger partial charge in [-0.15, -0.1) is 0 Å². The van der Waals surface area contributed by atoms with E-state index in [1.807, 2.05) is 6.92 Å². The molecule has 0 fully saturated rings. The molecule has 0 heterocycles. The second-order valence-corrected chi connectivity index (χ2v) is 5.89. The highest BCUT2D eigenvalue weighted by Gasteiger charge is 2.15. The Labute approximate surface area is 96.7 Å². The number of ether oxygens (including phenoxy) is 1. The van der Waals surface area contributed by atoms with E-state index in [0.717, 1.165) is 0 Å². The minimum Gasteiger partial charge on any atom is -0.494 e. The zero-order chi connectivity index (χ0) is 12.2. The van der Waals surface area contributed by atoms with Crippen LogP contribution in [0.25, 0.3) is 0 Å². The summed E-state index contributed by atoms with van der Waals surface area (Å²) in [4.78, 5) is 0. The van der Waals surface area contributed by atoms with Crippen molar-refractivity contribution in [2.75, 3.05) is 11.3 Å². The van der Waals surface area contributed by atoms with Crippen LogP contribution in [0, 0.1) is 0 Å². The van der Waals surface area contributed by atoms with Gasteiger partial charge in [0.15, 0.2) is 0 Å². The van der Waals surface area contributed by atoms with Crippen molar-refractivity contribution >= 4 is 15.7 Å². The van der Waals surface area contributed by atoms with Crippen molar-refractivity contribution in [2.24, 2.45) is 0 Å². The van der Waals surface area contributed by atoms with Gasteiger partial charge in [0.25, 0.3) is 0 Å². The molecule has 0 aromatic heterocycles. The molecule has 0 bridgehead atoms. The van der Waals surface area contributed by atoms with Crippen molar-refractivity contribution in [3.63, 3.8) is 0 Å². The number of sulfonamides is 1. The fraction of sp³-hybridized carbons (Fsp3) is 0.455. The van der Waals surface area contributed by atoms with Crippen molar-refractivity contribution in [3.05, 3.63) is 24.3 Å². The van der Waals surface area contributed by atoms with E-state index in [1.165, 1.54) is 0 Å². The Morgan fingerprint density at radius 2 is 2.06 bits per heavy atom. The minimum atomic E-state index is -3.29. The van der Waals surface area contributed by atoms with Gasteiger partial charge in [-0.05, 0) is 32.9 Å². The average molecular weight is 243 g/mol. The predicted octanol–water partition coefficient (Wildman–Crippen LogP) is 2.24. The number of benzene rings is 1. The van der Waals surface area contributed by atoms with Crippen LogP contribution in [-0.4, -0.2) is 20.3 Å². The predicted molar refractivity (Wildman–Crippen MR) is 65.3 cm³/mol. The van der Waals surface area contributed by atoms with Crippen molar-refractivity contribution in [1.82, 2.24) is 0 Å². The van der Waals surface area contributed by atoms with Crippen molar-refractivity contribution < 1.29 is 13.2 Å². The molecule has 1 aromatic carbocycles. The third-order valence-electron chi connectivity index (χ3n) is 2.03. The van der Waals surface area contributed by atoms with Gasteiger partial charge in [0.1, 0.15) is 5.75 Å². The van der Waals surface area contributed by atoms with Gasteiger partial charge in [-0.1, -0.05) is 6.07 Å². The quantitative estimate of drug-likeness (QED) is 0.862. The molecule has 1 N–H and O–H groups in total. The van der Waals surface area contributed by atoms with Crippen LogP contribution in [0.4, 0.5) is 5.69 Å². The maximum absolute atomic E-state index is 11.6. The van der Waals surface area contributed by atoms with Crippen LogP contribution in [0.15, 0.2) is 24.3 Å². The molecule has 0 radical (unpaired) electrons. The summed E-state index contributed by atoms with van der Waals surface area (Å²) in [6, 6.07) is 6.91. The lowest BCUT2D eigenvalue weighted by Gasteiger charge is -2.11. The highest BCUT2D eigenvalue weighted by Crippen LogP contribution is 2.19. The molecule has 1 rings (SSSR count). The van der Waals surface area contributed by atoms with E-state index >= 15 is 0 Å². The average Bonchev–Trinajstić information content (AvgIpc) is 2.17. The molecule has 5 heteroatoms. The minimum absolute atomic E-state index is 0.455. The van der Waals surface area contributed by atoms with Crippen LogP contribution in [0.1, 0.15) is 20.8 Å². The first-order valence-corrected chi connectivity index (χ1v) is 6.75. The zero-order valence-corrected chi connectivity index (χ0v) is 10.5. The first-order chi connectivity index (χ1) is 7.45. The smallest absolute Gasteiger partial charge is 0.235 e. The van der Waals surface area contributed by atoms with Crippen LogP contribution in [0.5, 0.6) is 5.75 Å². The lowest BCUT2D eigenvalue weighted by Crippen LogP contribution is -2.22. The Bertz CT molecular complexity index is 440. The highest BCUT2D eigenvalue weighted by molar-refractivity contribution is 7.93. The largest absolute Gasteiger partial charge is 0.494 e.